The summed E-state index contributed by atoms with van der Waals surface area (Å²) < 4.78 is 0. The second-order valence-electron chi connectivity index (χ2n) is 3.32. The van der Waals surface area contributed by atoms with Gasteiger partial charge < -0.3 is 10.6 Å². The van der Waals surface area contributed by atoms with Gasteiger partial charge in [-0.25, -0.2) is 9.97 Å². The Balaban J connectivity index is 2.16. The third-order valence-electron chi connectivity index (χ3n) is 2.53. The molecule has 1 aliphatic heterocycles. The van der Waals surface area contributed by atoms with E-state index < -0.39 is 0 Å². The Hall–Kier alpha value is -1.16. The van der Waals surface area contributed by atoms with Crippen molar-refractivity contribution in [3.05, 3.63) is 18.7 Å². The predicted octanol–water partition coefficient (Wildman–Crippen LogP) is 0.404. The second kappa shape index (κ2) is 3.70. The normalized spacial score (nSPS) is 22.2. The number of nitrogens with two attached hydrogens (primary N) is 1. The fraction of sp³-hybridized carbons (Fsp3) is 0.556. The van der Waals surface area contributed by atoms with Crippen LogP contribution < -0.4 is 10.6 Å². The van der Waals surface area contributed by atoms with Crippen molar-refractivity contribution in [3.63, 3.8) is 0 Å². The topological polar surface area (TPSA) is 55.0 Å². The van der Waals surface area contributed by atoms with Gasteiger partial charge in [0.1, 0.15) is 6.33 Å². The smallest absolute Gasteiger partial charge is 0.115 e. The molecule has 2 N–H and O–H groups in total. The standard InChI is InChI=1S/C9H14N4/c10-4-8-2-1-3-13(8)9-5-11-7-12-6-9/h5-8H,1-4,10H2/t8-/m1/s1. The molecule has 1 atom stereocenters. The summed E-state index contributed by atoms with van der Waals surface area (Å²) in [6, 6.07) is 0.478. The Morgan fingerprint density at radius 3 is 2.92 bits per heavy atom. The molecule has 2 rings (SSSR count). The average molecular weight is 178 g/mol. The van der Waals surface area contributed by atoms with Crippen molar-refractivity contribution >= 4 is 5.69 Å². The molecule has 0 saturated carbocycles. The van der Waals surface area contributed by atoms with E-state index in [2.05, 4.69) is 14.9 Å². The van der Waals surface area contributed by atoms with Gasteiger partial charge in [0, 0.05) is 19.1 Å². The van der Waals surface area contributed by atoms with Crippen molar-refractivity contribution in [2.45, 2.75) is 18.9 Å². The largest absolute Gasteiger partial charge is 0.365 e. The first-order chi connectivity index (χ1) is 6.42. The first kappa shape index (κ1) is 8.44. The highest BCUT2D eigenvalue weighted by molar-refractivity contribution is 5.44. The minimum Gasteiger partial charge on any atom is -0.365 e. The Labute approximate surface area is 77.8 Å². The molecule has 0 unspecified atom stereocenters. The minimum atomic E-state index is 0.478. The molecule has 4 nitrogen and oxygen atoms in total. The SMILES string of the molecule is NC[C@H]1CCCN1c1cncnc1. The van der Waals surface area contributed by atoms with Crippen LogP contribution >= 0.6 is 0 Å². The summed E-state index contributed by atoms with van der Waals surface area (Å²) in [5.41, 5.74) is 6.77. The van der Waals surface area contributed by atoms with Gasteiger partial charge in [-0.15, -0.1) is 0 Å². The van der Waals surface area contributed by atoms with E-state index in [4.69, 9.17) is 5.73 Å². The fourth-order valence-corrected chi connectivity index (χ4v) is 1.86. The summed E-state index contributed by atoms with van der Waals surface area (Å²) in [5.74, 6) is 0. The molecule has 1 fully saturated rings. The van der Waals surface area contributed by atoms with Gasteiger partial charge in [-0.1, -0.05) is 0 Å². The molecule has 0 radical (unpaired) electrons. The zero-order chi connectivity index (χ0) is 9.10. The highest BCUT2D eigenvalue weighted by Gasteiger charge is 2.23. The third-order valence-corrected chi connectivity index (χ3v) is 2.53. The highest BCUT2D eigenvalue weighted by Crippen LogP contribution is 2.22. The van der Waals surface area contributed by atoms with Gasteiger partial charge in [-0.05, 0) is 12.8 Å². The van der Waals surface area contributed by atoms with Gasteiger partial charge in [0.25, 0.3) is 0 Å². The fourth-order valence-electron chi connectivity index (χ4n) is 1.86. The van der Waals surface area contributed by atoms with Crippen LogP contribution in [0.15, 0.2) is 18.7 Å². The van der Waals surface area contributed by atoms with E-state index >= 15 is 0 Å². The molecule has 2 heterocycles. The molecule has 0 aliphatic carbocycles. The molecule has 70 valence electrons. The van der Waals surface area contributed by atoms with Gasteiger partial charge >= 0.3 is 0 Å². The summed E-state index contributed by atoms with van der Waals surface area (Å²) >= 11 is 0. The van der Waals surface area contributed by atoms with Crippen molar-refractivity contribution in [1.29, 1.82) is 0 Å². The molecule has 0 amide bonds. The lowest BCUT2D eigenvalue weighted by Crippen LogP contribution is -2.35. The highest BCUT2D eigenvalue weighted by atomic mass is 15.2. The summed E-state index contributed by atoms with van der Waals surface area (Å²) in [6.07, 6.45) is 7.65. The summed E-state index contributed by atoms with van der Waals surface area (Å²) in [7, 11) is 0. The number of anilines is 1. The zero-order valence-corrected chi connectivity index (χ0v) is 7.56. The number of rotatable bonds is 2. The predicted molar refractivity (Wildman–Crippen MR) is 51.5 cm³/mol. The number of nitrogens with zero attached hydrogens (tertiary/aromatic N) is 3. The molecule has 1 saturated heterocycles. The summed E-state index contributed by atoms with van der Waals surface area (Å²) in [6.45, 7) is 1.80. The van der Waals surface area contributed by atoms with Crippen LogP contribution in [0.25, 0.3) is 0 Å². The molecule has 0 spiro atoms. The number of aromatic nitrogens is 2. The van der Waals surface area contributed by atoms with E-state index in [1.165, 1.54) is 12.8 Å². The molecule has 1 aromatic heterocycles. The minimum absolute atomic E-state index is 0.478. The Kier molecular flexibility index (Phi) is 2.40. The van der Waals surface area contributed by atoms with Crippen LogP contribution in [-0.2, 0) is 0 Å². The molecule has 4 heteroatoms. The maximum atomic E-state index is 5.68. The molecule has 13 heavy (non-hydrogen) atoms. The van der Waals surface area contributed by atoms with Gasteiger partial charge in [-0.3, -0.25) is 0 Å². The van der Waals surface area contributed by atoms with Crippen molar-refractivity contribution < 1.29 is 0 Å². The quantitative estimate of drug-likeness (QED) is 0.712. The Morgan fingerprint density at radius 1 is 1.46 bits per heavy atom. The second-order valence-corrected chi connectivity index (χ2v) is 3.32. The van der Waals surface area contributed by atoms with Gasteiger partial charge in [0.05, 0.1) is 18.1 Å². The molecular weight excluding hydrogens is 164 g/mol. The summed E-state index contributed by atoms with van der Waals surface area (Å²) in [4.78, 5) is 10.3. The first-order valence-corrected chi connectivity index (χ1v) is 4.63. The van der Waals surface area contributed by atoms with Crippen LogP contribution in [0.4, 0.5) is 5.69 Å². The summed E-state index contributed by atoms with van der Waals surface area (Å²) in [5, 5.41) is 0. The number of hydrogen-bond acceptors (Lipinski definition) is 4. The lowest BCUT2D eigenvalue weighted by molar-refractivity contribution is 0.675. The maximum Gasteiger partial charge on any atom is 0.115 e. The molecule has 1 aliphatic rings. The molecule has 0 aromatic carbocycles. The van der Waals surface area contributed by atoms with Crippen LogP contribution in [0.5, 0.6) is 0 Å². The monoisotopic (exact) mass is 178 g/mol. The van der Waals surface area contributed by atoms with E-state index in [0.29, 0.717) is 6.04 Å². The third kappa shape index (κ3) is 1.62. The Bertz CT molecular complexity index is 262. The van der Waals surface area contributed by atoms with E-state index in [9.17, 15) is 0 Å². The van der Waals surface area contributed by atoms with E-state index in [1.54, 1.807) is 6.33 Å². The van der Waals surface area contributed by atoms with Gasteiger partial charge in [-0.2, -0.15) is 0 Å². The van der Waals surface area contributed by atoms with Gasteiger partial charge in [0.15, 0.2) is 0 Å². The van der Waals surface area contributed by atoms with Crippen LogP contribution in [-0.4, -0.2) is 29.1 Å². The lowest BCUT2D eigenvalue weighted by Gasteiger charge is -2.24. The average Bonchev–Trinajstić information content (AvgIpc) is 2.67. The van der Waals surface area contributed by atoms with Crippen LogP contribution in [0.2, 0.25) is 0 Å². The van der Waals surface area contributed by atoms with Crippen LogP contribution in [0, 0.1) is 0 Å². The van der Waals surface area contributed by atoms with Crippen molar-refractivity contribution in [3.8, 4) is 0 Å². The Morgan fingerprint density at radius 2 is 2.23 bits per heavy atom. The molecule has 1 aromatic rings. The maximum absolute atomic E-state index is 5.68. The first-order valence-electron chi connectivity index (χ1n) is 4.63. The lowest BCUT2D eigenvalue weighted by atomic mass is 10.2. The van der Waals surface area contributed by atoms with Crippen molar-refractivity contribution in [1.82, 2.24) is 9.97 Å². The van der Waals surface area contributed by atoms with Crippen molar-refractivity contribution in [2.24, 2.45) is 5.73 Å². The van der Waals surface area contributed by atoms with Crippen LogP contribution in [0.1, 0.15) is 12.8 Å². The van der Waals surface area contributed by atoms with Crippen LogP contribution in [0.3, 0.4) is 0 Å². The van der Waals surface area contributed by atoms with E-state index in [0.717, 1.165) is 18.8 Å². The molecular formula is C9H14N4. The van der Waals surface area contributed by atoms with Crippen molar-refractivity contribution in [2.75, 3.05) is 18.0 Å². The number of hydrogen-bond donors (Lipinski definition) is 1. The van der Waals surface area contributed by atoms with Gasteiger partial charge in [0.2, 0.25) is 0 Å². The van der Waals surface area contributed by atoms with E-state index in [1.807, 2.05) is 12.4 Å². The van der Waals surface area contributed by atoms with E-state index in [-0.39, 0.29) is 0 Å². The zero-order valence-electron chi connectivity index (χ0n) is 7.56. The molecule has 0 bridgehead atoms.